The van der Waals surface area contributed by atoms with Gasteiger partial charge in [-0.15, -0.1) is 11.3 Å². The molecule has 2 heterocycles. The molecule has 34 heavy (non-hydrogen) atoms. The number of nitrogens with two attached hydrogens (primary N) is 1. The molecule has 0 radical (unpaired) electrons. The minimum Gasteiger partial charge on any atom is -0.462 e. The van der Waals surface area contributed by atoms with Gasteiger partial charge < -0.3 is 15.2 Å². The van der Waals surface area contributed by atoms with Crippen molar-refractivity contribution >= 4 is 45.1 Å². The quantitative estimate of drug-likeness (QED) is 0.372. The van der Waals surface area contributed by atoms with Gasteiger partial charge in [0.2, 0.25) is 0 Å². The smallest absolute Gasteiger partial charge is 0.348 e. The van der Waals surface area contributed by atoms with Crippen LogP contribution in [0.3, 0.4) is 0 Å². The first-order chi connectivity index (χ1) is 16.4. The van der Waals surface area contributed by atoms with Crippen molar-refractivity contribution in [3.63, 3.8) is 0 Å². The highest BCUT2D eigenvalue weighted by molar-refractivity contribution is 7.20. The highest BCUT2D eigenvalue weighted by Gasteiger charge is 2.21. The molecule has 0 fully saturated rings. The summed E-state index contributed by atoms with van der Waals surface area (Å²) in [4.78, 5) is 46.5. The van der Waals surface area contributed by atoms with Crippen LogP contribution in [0.4, 0.5) is 5.82 Å². The number of esters is 2. The molecule has 2 N–H and O–H groups in total. The maximum Gasteiger partial charge on any atom is 0.348 e. The van der Waals surface area contributed by atoms with Crippen LogP contribution in [0.15, 0.2) is 18.2 Å². The first-order valence-electron chi connectivity index (χ1n) is 11.4. The molecule has 0 unspecified atom stereocenters. The zero-order valence-electron chi connectivity index (χ0n) is 19.3. The number of hydrogen-bond acceptors (Lipinski definition) is 9. The van der Waals surface area contributed by atoms with Crippen LogP contribution in [0.25, 0.3) is 10.2 Å². The second-order valence-electron chi connectivity index (χ2n) is 8.26. The minimum absolute atomic E-state index is 0.0290. The summed E-state index contributed by atoms with van der Waals surface area (Å²) < 4.78 is 10.4. The van der Waals surface area contributed by atoms with Crippen LogP contribution < -0.4 is 5.73 Å². The Labute approximate surface area is 201 Å². The minimum atomic E-state index is -0.511. The first-order valence-corrected chi connectivity index (χ1v) is 12.2. The first kappa shape index (κ1) is 23.8. The Morgan fingerprint density at radius 2 is 1.82 bits per heavy atom. The third-order valence-electron chi connectivity index (χ3n) is 5.91. The second kappa shape index (κ2) is 10.3. The van der Waals surface area contributed by atoms with E-state index in [0.29, 0.717) is 26.2 Å². The number of nitrogens with zero attached hydrogens (tertiary/aromatic N) is 2. The van der Waals surface area contributed by atoms with Crippen molar-refractivity contribution in [1.29, 1.82) is 0 Å². The number of fused-ring (bicyclic) bond motifs is 2. The van der Waals surface area contributed by atoms with E-state index in [4.69, 9.17) is 15.2 Å². The second-order valence-corrected chi connectivity index (χ2v) is 9.26. The topological polar surface area (TPSA) is 121 Å². The van der Waals surface area contributed by atoms with Crippen molar-refractivity contribution in [2.24, 2.45) is 0 Å². The molecule has 0 amide bonds. The summed E-state index contributed by atoms with van der Waals surface area (Å²) in [7, 11) is 0. The normalized spacial score (nSPS) is 12.9. The van der Waals surface area contributed by atoms with Crippen LogP contribution in [-0.2, 0) is 33.7 Å². The molecule has 2 aromatic heterocycles. The maximum absolute atomic E-state index is 12.6. The van der Waals surface area contributed by atoms with Crippen molar-refractivity contribution < 1.29 is 23.9 Å². The van der Waals surface area contributed by atoms with Gasteiger partial charge in [0.1, 0.15) is 15.5 Å². The number of Topliss-reactive ketones (excluding diaryl/α,β-unsaturated/α-hetero) is 1. The molecule has 8 nitrogen and oxygen atoms in total. The number of anilines is 1. The number of rotatable bonds is 8. The predicted octanol–water partition coefficient (Wildman–Crippen LogP) is 4.34. The lowest BCUT2D eigenvalue weighted by atomic mass is 9.89. The largest absolute Gasteiger partial charge is 0.462 e. The van der Waals surface area contributed by atoms with Crippen molar-refractivity contribution in [3.8, 4) is 0 Å². The van der Waals surface area contributed by atoms with Gasteiger partial charge in [-0.3, -0.25) is 9.59 Å². The molecule has 0 aliphatic heterocycles. The van der Waals surface area contributed by atoms with Crippen molar-refractivity contribution in [1.82, 2.24) is 9.97 Å². The fourth-order valence-electron chi connectivity index (χ4n) is 4.16. The monoisotopic (exact) mass is 481 g/mol. The van der Waals surface area contributed by atoms with Crippen LogP contribution in [0.5, 0.6) is 0 Å². The number of carbonyl (C=O) groups is 3. The van der Waals surface area contributed by atoms with E-state index in [2.05, 4.69) is 9.97 Å². The van der Waals surface area contributed by atoms with Crippen molar-refractivity contribution in [2.45, 2.75) is 59.0 Å². The van der Waals surface area contributed by atoms with Crippen molar-refractivity contribution in [3.05, 3.63) is 51.2 Å². The Kier molecular flexibility index (Phi) is 7.21. The van der Waals surface area contributed by atoms with Crippen LogP contribution in [0.2, 0.25) is 0 Å². The van der Waals surface area contributed by atoms with Gasteiger partial charge in [-0.2, -0.15) is 0 Å². The van der Waals surface area contributed by atoms with Crippen LogP contribution in [0, 0.1) is 6.92 Å². The van der Waals surface area contributed by atoms with Gasteiger partial charge in [0.25, 0.3) is 0 Å². The van der Waals surface area contributed by atoms with E-state index in [1.807, 2.05) is 18.2 Å². The lowest BCUT2D eigenvalue weighted by Gasteiger charge is -2.16. The van der Waals surface area contributed by atoms with Gasteiger partial charge >= 0.3 is 11.9 Å². The van der Waals surface area contributed by atoms with Gasteiger partial charge in [-0.05, 0) is 62.3 Å². The molecular weight excluding hydrogens is 454 g/mol. The van der Waals surface area contributed by atoms with E-state index in [1.165, 1.54) is 28.9 Å². The summed E-state index contributed by atoms with van der Waals surface area (Å²) in [6.45, 7) is 3.60. The molecular formula is C25H27N3O5S. The number of nitrogen functional groups attached to an aromatic ring is 1. The van der Waals surface area contributed by atoms with E-state index < -0.39 is 11.9 Å². The standard InChI is InChI=1S/C25H27N3O5S/c1-3-32-25(31)22-14(2)21-23(26)27-19(28-24(21)34-22)13-33-20(30)11-10-18(29)17-9-8-15-6-4-5-7-16(15)12-17/h8-9,12H,3-7,10-11,13H2,1-2H3,(H2,26,27,28). The van der Waals surface area contributed by atoms with Crippen LogP contribution >= 0.6 is 11.3 Å². The molecule has 3 aromatic rings. The van der Waals surface area contributed by atoms with Gasteiger partial charge in [0.05, 0.1) is 18.4 Å². The summed E-state index contributed by atoms with van der Waals surface area (Å²) in [6, 6.07) is 5.83. The summed E-state index contributed by atoms with van der Waals surface area (Å²) >= 11 is 1.17. The SMILES string of the molecule is CCOC(=O)c1sc2nc(COC(=O)CCC(=O)c3ccc4c(c3)CCCC4)nc(N)c2c1C. The number of carbonyl (C=O) groups excluding carboxylic acids is 3. The Bertz CT molecular complexity index is 1270. The van der Waals surface area contributed by atoms with Gasteiger partial charge in [0.15, 0.2) is 18.2 Å². The van der Waals surface area contributed by atoms with Gasteiger partial charge in [0, 0.05) is 12.0 Å². The van der Waals surface area contributed by atoms with Gasteiger partial charge in [-0.25, -0.2) is 14.8 Å². The number of aryl methyl sites for hydroxylation is 3. The third kappa shape index (κ3) is 5.09. The number of thiophene rings is 1. The van der Waals surface area contributed by atoms with E-state index in [1.54, 1.807) is 13.8 Å². The lowest BCUT2D eigenvalue weighted by molar-refractivity contribution is -0.145. The van der Waals surface area contributed by atoms with Crippen LogP contribution in [-0.4, -0.2) is 34.3 Å². The highest BCUT2D eigenvalue weighted by atomic mass is 32.1. The molecule has 0 saturated heterocycles. The molecule has 0 saturated carbocycles. The molecule has 0 atom stereocenters. The predicted molar refractivity (Wildman–Crippen MR) is 129 cm³/mol. The molecule has 0 bridgehead atoms. The zero-order chi connectivity index (χ0) is 24.2. The fourth-order valence-corrected chi connectivity index (χ4v) is 5.26. The third-order valence-corrected chi connectivity index (χ3v) is 7.08. The summed E-state index contributed by atoms with van der Waals surface area (Å²) in [6.07, 6.45) is 4.43. The Morgan fingerprint density at radius 1 is 1.06 bits per heavy atom. The molecule has 1 aliphatic rings. The Morgan fingerprint density at radius 3 is 2.59 bits per heavy atom. The molecule has 178 valence electrons. The number of benzene rings is 1. The number of aromatic nitrogens is 2. The Hall–Kier alpha value is -3.33. The Balaban J connectivity index is 1.35. The summed E-state index contributed by atoms with van der Waals surface area (Å²) in [5, 5.41) is 0.596. The number of hydrogen-bond donors (Lipinski definition) is 1. The molecule has 9 heteroatoms. The van der Waals surface area contributed by atoms with Gasteiger partial charge in [-0.1, -0.05) is 12.1 Å². The maximum atomic E-state index is 12.6. The van der Waals surface area contributed by atoms with Crippen LogP contribution in [0.1, 0.15) is 75.2 Å². The van der Waals surface area contributed by atoms with E-state index in [0.717, 1.165) is 19.3 Å². The zero-order valence-corrected chi connectivity index (χ0v) is 20.1. The number of ketones is 1. The van der Waals surface area contributed by atoms with E-state index in [9.17, 15) is 14.4 Å². The average molecular weight is 482 g/mol. The number of ether oxygens (including phenoxy) is 2. The van der Waals surface area contributed by atoms with E-state index in [-0.39, 0.29) is 43.5 Å². The molecule has 1 aromatic carbocycles. The average Bonchev–Trinajstić information content (AvgIpc) is 3.17. The molecule has 4 rings (SSSR count). The summed E-state index contributed by atoms with van der Waals surface area (Å²) in [5.74, 6) is -0.575. The molecule has 1 aliphatic carbocycles. The fraction of sp³-hybridized carbons (Fsp3) is 0.400. The summed E-state index contributed by atoms with van der Waals surface area (Å²) in [5.41, 5.74) is 9.94. The van der Waals surface area contributed by atoms with E-state index >= 15 is 0 Å². The van der Waals surface area contributed by atoms with Crippen molar-refractivity contribution in [2.75, 3.05) is 12.3 Å². The molecule has 0 spiro atoms. The lowest BCUT2D eigenvalue weighted by Crippen LogP contribution is -2.11. The highest BCUT2D eigenvalue weighted by Crippen LogP contribution is 2.33.